The van der Waals surface area contributed by atoms with E-state index in [1.165, 1.54) is 7.11 Å². The van der Waals surface area contributed by atoms with Crippen molar-refractivity contribution in [1.29, 1.82) is 0 Å². The van der Waals surface area contributed by atoms with E-state index in [1.54, 1.807) is 39.0 Å². The molecule has 9 atom stereocenters. The highest BCUT2D eigenvalue weighted by molar-refractivity contribution is 5.88. The summed E-state index contributed by atoms with van der Waals surface area (Å²) in [6.45, 7) is 17.3. The molecule has 1 aliphatic carbocycles. The van der Waals surface area contributed by atoms with Gasteiger partial charge < -0.3 is 29.9 Å². The SMILES string of the molecule is C#CC=C(F)C(=CC)CC(=C)NC(=O)C(C)C(OC)C1CC2(C)CC2N1C(=O)CC(OC)C(C(C)CC)N(C)C(=O)CNC(=O)C(C(C)C)N(C)C. The summed E-state index contributed by atoms with van der Waals surface area (Å²) in [6.07, 6.45) is 8.89. The van der Waals surface area contributed by atoms with Gasteiger partial charge in [0.15, 0.2) is 0 Å². The summed E-state index contributed by atoms with van der Waals surface area (Å²) in [4.78, 5) is 59.6. The molecule has 1 aliphatic heterocycles. The lowest BCUT2D eigenvalue weighted by Crippen LogP contribution is -2.55. The molecule has 0 aromatic rings. The standard InChI is InChI=1S/C40H64FN5O6/c1-15-18-29(41)28(17-3)19-26(7)43-38(49)27(8)37(52-14)30-21-40(9)22-32(40)46(30)33(47)20-31(51-13)36(25(6)16-2)45(12)34(48)23-42-39(50)35(24(4)5)44(10)11/h1,17-18,24-25,27,30-32,35-37H,7,16,19-23H2,2-6,8-14H3,(H,42,50)(H,43,49). The Morgan fingerprint density at radius 2 is 1.73 bits per heavy atom. The van der Waals surface area contributed by atoms with Crippen LogP contribution in [0.4, 0.5) is 4.39 Å². The summed E-state index contributed by atoms with van der Waals surface area (Å²) in [5, 5.41) is 5.60. The van der Waals surface area contributed by atoms with E-state index in [0.717, 1.165) is 18.9 Å². The first kappa shape index (κ1) is 44.6. The molecule has 2 N–H and O–H groups in total. The second kappa shape index (κ2) is 19.5. The second-order valence-corrected chi connectivity index (χ2v) is 15.4. The van der Waals surface area contributed by atoms with Crippen LogP contribution >= 0.6 is 0 Å². The van der Waals surface area contributed by atoms with Crippen LogP contribution in [0.25, 0.3) is 0 Å². The summed E-state index contributed by atoms with van der Waals surface area (Å²) in [5.74, 6) is -0.0170. The van der Waals surface area contributed by atoms with Crippen LogP contribution in [0.2, 0.25) is 0 Å². The number of amides is 4. The maximum atomic E-state index is 14.4. The summed E-state index contributed by atoms with van der Waals surface area (Å²) >= 11 is 0. The van der Waals surface area contributed by atoms with Gasteiger partial charge in [-0.25, -0.2) is 4.39 Å². The minimum Gasteiger partial charge on any atom is -0.379 e. The van der Waals surface area contributed by atoms with Crippen molar-refractivity contribution < 1.29 is 33.0 Å². The van der Waals surface area contributed by atoms with Gasteiger partial charge in [0.1, 0.15) is 5.83 Å². The maximum absolute atomic E-state index is 14.4. The average Bonchev–Trinajstić information content (AvgIpc) is 3.64. The van der Waals surface area contributed by atoms with Crippen LogP contribution in [-0.2, 0) is 28.7 Å². The number of rotatable bonds is 20. The Labute approximate surface area is 311 Å². The molecule has 1 saturated carbocycles. The minimum atomic E-state index is -0.670. The highest BCUT2D eigenvalue weighted by atomic mass is 19.1. The van der Waals surface area contributed by atoms with Crippen LogP contribution in [0.3, 0.4) is 0 Å². The molecule has 4 amide bonds. The van der Waals surface area contributed by atoms with Crippen molar-refractivity contribution >= 4 is 23.6 Å². The number of halogens is 1. The Bertz CT molecular complexity index is 1400. The number of nitrogens with one attached hydrogen (secondary N) is 2. The number of allylic oxidation sites excluding steroid dienone is 4. The van der Waals surface area contributed by atoms with E-state index in [2.05, 4.69) is 30.1 Å². The van der Waals surface area contributed by atoms with Gasteiger partial charge in [-0.05, 0) is 56.7 Å². The van der Waals surface area contributed by atoms with E-state index >= 15 is 0 Å². The maximum Gasteiger partial charge on any atom is 0.242 e. The molecule has 292 valence electrons. The van der Waals surface area contributed by atoms with E-state index in [9.17, 15) is 23.6 Å². The van der Waals surface area contributed by atoms with Gasteiger partial charge in [-0.3, -0.25) is 24.1 Å². The number of ether oxygens (including phenoxy) is 2. The Kier molecular flexibility index (Phi) is 16.8. The fourth-order valence-corrected chi connectivity index (χ4v) is 7.92. The summed E-state index contributed by atoms with van der Waals surface area (Å²) in [7, 11) is 8.44. The van der Waals surface area contributed by atoms with Gasteiger partial charge in [0.05, 0.1) is 49.2 Å². The predicted molar refractivity (Wildman–Crippen MR) is 202 cm³/mol. The molecule has 0 aromatic heterocycles. The van der Waals surface area contributed by atoms with Crippen molar-refractivity contribution in [2.45, 2.75) is 117 Å². The van der Waals surface area contributed by atoms with Gasteiger partial charge in [0.25, 0.3) is 0 Å². The lowest BCUT2D eigenvalue weighted by atomic mass is 9.89. The van der Waals surface area contributed by atoms with Crippen LogP contribution < -0.4 is 10.6 Å². The molecule has 52 heavy (non-hydrogen) atoms. The highest BCUT2D eigenvalue weighted by Crippen LogP contribution is 2.60. The highest BCUT2D eigenvalue weighted by Gasteiger charge is 2.64. The number of hydrogen-bond acceptors (Lipinski definition) is 7. The van der Waals surface area contributed by atoms with E-state index in [4.69, 9.17) is 15.9 Å². The molecule has 0 bridgehead atoms. The number of hydrogen-bond donors (Lipinski definition) is 2. The lowest BCUT2D eigenvalue weighted by molar-refractivity contribution is -0.147. The zero-order valence-corrected chi connectivity index (χ0v) is 33.5. The van der Waals surface area contributed by atoms with Crippen molar-refractivity contribution in [2.24, 2.45) is 23.2 Å². The Hall–Kier alpha value is -3.53. The van der Waals surface area contributed by atoms with Crippen LogP contribution in [0.5, 0.6) is 0 Å². The van der Waals surface area contributed by atoms with Crippen LogP contribution in [0.15, 0.2) is 35.8 Å². The fourth-order valence-electron chi connectivity index (χ4n) is 7.92. The normalized spacial score (nSPS) is 23.5. The Balaban J connectivity index is 2.24. The van der Waals surface area contributed by atoms with Crippen LogP contribution in [-0.4, -0.2) is 117 Å². The molecule has 1 heterocycles. The molecule has 11 nitrogen and oxygen atoms in total. The largest absolute Gasteiger partial charge is 0.379 e. The van der Waals surface area contributed by atoms with Crippen molar-refractivity contribution in [1.82, 2.24) is 25.3 Å². The molecule has 2 fully saturated rings. The van der Waals surface area contributed by atoms with Crippen LogP contribution in [0.1, 0.15) is 80.6 Å². The smallest absolute Gasteiger partial charge is 0.242 e. The Morgan fingerprint density at radius 3 is 2.23 bits per heavy atom. The molecular formula is C40H64FN5O6. The molecule has 0 aromatic carbocycles. The van der Waals surface area contributed by atoms with Crippen molar-refractivity contribution in [3.05, 3.63) is 35.8 Å². The van der Waals surface area contributed by atoms with E-state index in [0.29, 0.717) is 17.7 Å². The molecule has 9 unspecified atom stereocenters. The van der Waals surface area contributed by atoms with Crippen molar-refractivity contribution in [3.63, 3.8) is 0 Å². The van der Waals surface area contributed by atoms with Crippen molar-refractivity contribution in [3.8, 4) is 12.3 Å². The van der Waals surface area contributed by atoms with E-state index in [1.807, 2.05) is 51.6 Å². The number of nitrogens with zero attached hydrogens (tertiary/aromatic N) is 3. The van der Waals surface area contributed by atoms with Gasteiger partial charge in [0, 0.05) is 45.5 Å². The van der Waals surface area contributed by atoms with Crippen LogP contribution in [0, 0.1) is 35.5 Å². The van der Waals surface area contributed by atoms with Gasteiger partial charge in [-0.2, -0.15) is 0 Å². The number of likely N-dealkylation sites (N-methyl/N-ethyl adjacent to an activating group) is 2. The average molecular weight is 730 g/mol. The third kappa shape index (κ3) is 10.8. The fraction of sp³-hybridized carbons (Fsp3) is 0.700. The molecule has 1 saturated heterocycles. The summed E-state index contributed by atoms with van der Waals surface area (Å²) < 4.78 is 26.3. The number of likely N-dealkylation sites (tertiary alicyclic amines) is 1. The molecule has 0 spiro atoms. The molecule has 0 radical (unpaired) electrons. The molecule has 12 heteroatoms. The number of terminal acetylenes is 1. The van der Waals surface area contributed by atoms with E-state index in [-0.39, 0.29) is 78.4 Å². The van der Waals surface area contributed by atoms with Gasteiger partial charge in [-0.1, -0.05) is 66.5 Å². The van der Waals surface area contributed by atoms with Gasteiger partial charge in [0.2, 0.25) is 23.6 Å². The summed E-state index contributed by atoms with van der Waals surface area (Å²) in [5.41, 5.74) is 0.524. The van der Waals surface area contributed by atoms with Gasteiger partial charge in [-0.15, -0.1) is 6.42 Å². The predicted octanol–water partition coefficient (Wildman–Crippen LogP) is 4.45. The first-order valence-electron chi connectivity index (χ1n) is 18.4. The quantitative estimate of drug-likeness (QED) is 0.140. The van der Waals surface area contributed by atoms with Crippen molar-refractivity contribution in [2.75, 3.05) is 41.9 Å². The first-order chi connectivity index (χ1) is 24.3. The number of methoxy groups -OCH3 is 2. The lowest BCUT2D eigenvalue weighted by Gasteiger charge is -2.40. The van der Waals surface area contributed by atoms with Gasteiger partial charge >= 0.3 is 0 Å². The zero-order chi connectivity index (χ0) is 39.7. The molecular weight excluding hydrogens is 665 g/mol. The second-order valence-electron chi connectivity index (χ2n) is 15.4. The first-order valence-corrected chi connectivity index (χ1v) is 18.4. The summed E-state index contributed by atoms with van der Waals surface area (Å²) in [6, 6.07) is -1.20. The third-order valence-corrected chi connectivity index (χ3v) is 11.1. The monoisotopic (exact) mass is 729 g/mol. The number of carbonyl (C=O) groups is 4. The minimum absolute atomic E-state index is 0.00391. The topological polar surface area (TPSA) is 121 Å². The number of piperidine rings is 1. The zero-order valence-electron chi connectivity index (χ0n) is 33.5. The Morgan fingerprint density at radius 1 is 1.10 bits per heavy atom. The third-order valence-electron chi connectivity index (χ3n) is 11.1. The molecule has 2 rings (SSSR count). The number of carbonyl (C=O) groups excluding carboxylic acids is 4. The number of fused-ring (bicyclic) bond motifs is 1. The van der Waals surface area contributed by atoms with E-state index < -0.39 is 30.0 Å². The molecule has 2 aliphatic rings.